The second-order valence-corrected chi connectivity index (χ2v) is 4.14. The summed E-state index contributed by atoms with van der Waals surface area (Å²) in [6.45, 7) is 3.72. The molecule has 0 bridgehead atoms. The van der Waals surface area contributed by atoms with Crippen LogP contribution in [0.1, 0.15) is 18.5 Å². The van der Waals surface area contributed by atoms with Crippen LogP contribution in [0.2, 0.25) is 0 Å². The molecule has 0 saturated heterocycles. The lowest BCUT2D eigenvalue weighted by Crippen LogP contribution is -2.04. The number of pyridine rings is 1. The van der Waals surface area contributed by atoms with E-state index in [4.69, 9.17) is 5.73 Å². The minimum atomic E-state index is 0.746. The molecular weight excluding hydrogens is 212 g/mol. The minimum Gasteiger partial charge on any atom is -0.331 e. The Morgan fingerprint density at radius 2 is 2.24 bits per heavy atom. The summed E-state index contributed by atoms with van der Waals surface area (Å²) in [7, 11) is 0. The average Bonchev–Trinajstić information content (AvgIpc) is 2.72. The van der Waals surface area contributed by atoms with E-state index in [0.717, 1.165) is 43.0 Å². The molecule has 0 aromatic carbocycles. The van der Waals surface area contributed by atoms with Gasteiger partial charge < -0.3 is 10.3 Å². The smallest absolute Gasteiger partial charge is 0.141 e. The Morgan fingerprint density at radius 1 is 1.35 bits per heavy atom. The summed E-state index contributed by atoms with van der Waals surface area (Å²) in [5.74, 6) is 0.993. The van der Waals surface area contributed by atoms with Gasteiger partial charge in [-0.05, 0) is 38.4 Å². The molecular formula is C13H18N4. The highest BCUT2D eigenvalue weighted by atomic mass is 15.1. The largest absolute Gasteiger partial charge is 0.331 e. The van der Waals surface area contributed by atoms with Gasteiger partial charge in [-0.3, -0.25) is 4.98 Å². The molecule has 17 heavy (non-hydrogen) atoms. The maximum absolute atomic E-state index is 5.51. The topological polar surface area (TPSA) is 56.7 Å². The van der Waals surface area contributed by atoms with Gasteiger partial charge in [-0.15, -0.1) is 0 Å². The first-order chi connectivity index (χ1) is 8.31. The molecule has 90 valence electrons. The van der Waals surface area contributed by atoms with Crippen LogP contribution >= 0.6 is 0 Å². The van der Waals surface area contributed by atoms with Gasteiger partial charge in [0.15, 0.2) is 0 Å². The van der Waals surface area contributed by atoms with Gasteiger partial charge in [0, 0.05) is 30.7 Å². The van der Waals surface area contributed by atoms with E-state index in [1.54, 1.807) is 6.20 Å². The number of nitrogens with two attached hydrogens (primary N) is 1. The summed E-state index contributed by atoms with van der Waals surface area (Å²) in [6.07, 6.45) is 7.83. The van der Waals surface area contributed by atoms with Crippen molar-refractivity contribution in [2.75, 3.05) is 6.54 Å². The van der Waals surface area contributed by atoms with E-state index < -0.39 is 0 Å². The van der Waals surface area contributed by atoms with Crippen molar-refractivity contribution in [3.05, 3.63) is 36.4 Å². The minimum absolute atomic E-state index is 0.746. The third-order valence-electron chi connectivity index (χ3n) is 2.67. The van der Waals surface area contributed by atoms with Gasteiger partial charge >= 0.3 is 0 Å². The molecule has 2 N–H and O–H groups in total. The molecule has 0 aliphatic heterocycles. The number of unbranched alkanes of at least 4 members (excludes halogenated alkanes) is 1. The Balaban J connectivity index is 2.22. The molecule has 2 aromatic rings. The SMILES string of the molecule is Cc1cn(CCCCN)c(-c2cccnc2)n1. The first-order valence-electron chi connectivity index (χ1n) is 5.95. The molecule has 4 heteroatoms. The molecule has 2 aromatic heterocycles. The fraction of sp³-hybridized carbons (Fsp3) is 0.385. The third kappa shape index (κ3) is 2.91. The number of aryl methyl sites for hydroxylation is 2. The number of imidazole rings is 1. The maximum Gasteiger partial charge on any atom is 0.141 e. The molecule has 0 saturated carbocycles. The zero-order valence-corrected chi connectivity index (χ0v) is 10.1. The molecule has 2 heterocycles. The second-order valence-electron chi connectivity index (χ2n) is 4.14. The zero-order valence-electron chi connectivity index (χ0n) is 10.1. The number of hydrogen-bond acceptors (Lipinski definition) is 3. The lowest BCUT2D eigenvalue weighted by molar-refractivity contribution is 0.619. The van der Waals surface area contributed by atoms with Crippen molar-refractivity contribution in [3.63, 3.8) is 0 Å². The summed E-state index contributed by atoms with van der Waals surface area (Å²) < 4.78 is 2.18. The van der Waals surface area contributed by atoms with Crippen molar-refractivity contribution in [2.24, 2.45) is 5.73 Å². The highest BCUT2D eigenvalue weighted by Gasteiger charge is 2.07. The lowest BCUT2D eigenvalue weighted by atomic mass is 10.2. The first-order valence-corrected chi connectivity index (χ1v) is 5.95. The van der Waals surface area contributed by atoms with E-state index in [0.29, 0.717) is 0 Å². The predicted molar refractivity (Wildman–Crippen MR) is 68.5 cm³/mol. The summed E-state index contributed by atoms with van der Waals surface area (Å²) >= 11 is 0. The lowest BCUT2D eigenvalue weighted by Gasteiger charge is -2.06. The van der Waals surface area contributed by atoms with Crippen molar-refractivity contribution in [1.29, 1.82) is 0 Å². The highest BCUT2D eigenvalue weighted by Crippen LogP contribution is 2.18. The van der Waals surface area contributed by atoms with E-state index in [1.807, 2.05) is 25.3 Å². The Hall–Kier alpha value is -1.68. The van der Waals surface area contributed by atoms with Crippen LogP contribution < -0.4 is 5.73 Å². The molecule has 0 amide bonds. The van der Waals surface area contributed by atoms with E-state index in [9.17, 15) is 0 Å². The summed E-state index contributed by atoms with van der Waals surface area (Å²) in [6, 6.07) is 3.97. The van der Waals surface area contributed by atoms with E-state index in [2.05, 4.69) is 20.7 Å². The Labute approximate surface area is 102 Å². The highest BCUT2D eigenvalue weighted by molar-refractivity contribution is 5.54. The Kier molecular flexibility index (Phi) is 3.88. The zero-order chi connectivity index (χ0) is 12.1. The monoisotopic (exact) mass is 230 g/mol. The second kappa shape index (κ2) is 5.59. The van der Waals surface area contributed by atoms with Gasteiger partial charge in [-0.2, -0.15) is 0 Å². The fourth-order valence-corrected chi connectivity index (χ4v) is 1.87. The summed E-state index contributed by atoms with van der Waals surface area (Å²) in [5.41, 5.74) is 7.61. The molecule has 0 atom stereocenters. The summed E-state index contributed by atoms with van der Waals surface area (Å²) in [5, 5.41) is 0. The van der Waals surface area contributed by atoms with Gasteiger partial charge in [0.25, 0.3) is 0 Å². The van der Waals surface area contributed by atoms with Crippen LogP contribution in [0.25, 0.3) is 11.4 Å². The third-order valence-corrected chi connectivity index (χ3v) is 2.67. The van der Waals surface area contributed by atoms with Gasteiger partial charge in [0.05, 0.1) is 5.69 Å². The first kappa shape index (κ1) is 11.8. The molecule has 0 fully saturated rings. The molecule has 0 unspecified atom stereocenters. The predicted octanol–water partition coefficient (Wildman–Crippen LogP) is 1.99. The number of aromatic nitrogens is 3. The van der Waals surface area contributed by atoms with Gasteiger partial charge in [-0.25, -0.2) is 4.98 Å². The van der Waals surface area contributed by atoms with Gasteiger partial charge in [0.2, 0.25) is 0 Å². The van der Waals surface area contributed by atoms with E-state index in [1.165, 1.54) is 0 Å². The molecule has 0 radical (unpaired) electrons. The number of rotatable bonds is 5. The van der Waals surface area contributed by atoms with Gasteiger partial charge in [-0.1, -0.05) is 0 Å². The normalized spacial score (nSPS) is 10.7. The standard InChI is InChI=1S/C13H18N4/c1-11-10-17(8-3-2-6-14)13(16-11)12-5-4-7-15-9-12/h4-5,7,9-10H,2-3,6,8,14H2,1H3. The van der Waals surface area contributed by atoms with Crippen LogP contribution in [0.5, 0.6) is 0 Å². The molecule has 4 nitrogen and oxygen atoms in total. The van der Waals surface area contributed by atoms with Crippen molar-refractivity contribution in [3.8, 4) is 11.4 Å². The van der Waals surface area contributed by atoms with Crippen molar-refractivity contribution in [1.82, 2.24) is 14.5 Å². The molecule has 0 aliphatic rings. The van der Waals surface area contributed by atoms with Crippen LogP contribution in [-0.2, 0) is 6.54 Å². The Morgan fingerprint density at radius 3 is 2.94 bits per heavy atom. The van der Waals surface area contributed by atoms with E-state index in [-0.39, 0.29) is 0 Å². The van der Waals surface area contributed by atoms with Crippen LogP contribution in [0.15, 0.2) is 30.7 Å². The van der Waals surface area contributed by atoms with Crippen molar-refractivity contribution >= 4 is 0 Å². The van der Waals surface area contributed by atoms with E-state index >= 15 is 0 Å². The quantitative estimate of drug-likeness (QED) is 0.799. The molecule has 0 aliphatic carbocycles. The average molecular weight is 230 g/mol. The van der Waals surface area contributed by atoms with Crippen LogP contribution in [0.3, 0.4) is 0 Å². The molecule has 2 rings (SSSR count). The van der Waals surface area contributed by atoms with Crippen LogP contribution in [0, 0.1) is 6.92 Å². The fourth-order valence-electron chi connectivity index (χ4n) is 1.87. The number of nitrogens with zero attached hydrogens (tertiary/aromatic N) is 3. The number of hydrogen-bond donors (Lipinski definition) is 1. The summed E-state index contributed by atoms with van der Waals surface area (Å²) in [4.78, 5) is 8.69. The van der Waals surface area contributed by atoms with Gasteiger partial charge in [0.1, 0.15) is 5.82 Å². The van der Waals surface area contributed by atoms with Crippen LogP contribution in [0.4, 0.5) is 0 Å². The molecule has 0 spiro atoms. The Bertz CT molecular complexity index is 462. The maximum atomic E-state index is 5.51. The van der Waals surface area contributed by atoms with Crippen molar-refractivity contribution < 1.29 is 0 Å². The van der Waals surface area contributed by atoms with Crippen LogP contribution in [-0.4, -0.2) is 21.1 Å². The van der Waals surface area contributed by atoms with Crippen molar-refractivity contribution in [2.45, 2.75) is 26.3 Å².